The fourth-order valence-corrected chi connectivity index (χ4v) is 2.64. The van der Waals surface area contributed by atoms with Gasteiger partial charge in [0.15, 0.2) is 0 Å². The fraction of sp³-hybridized carbons (Fsp3) is 0.562. The highest BCUT2D eigenvalue weighted by Crippen LogP contribution is 2.17. The predicted octanol–water partition coefficient (Wildman–Crippen LogP) is 2.89. The van der Waals surface area contributed by atoms with Crippen molar-refractivity contribution in [3.05, 3.63) is 35.4 Å². The Morgan fingerprint density at radius 1 is 1.39 bits per heavy atom. The summed E-state index contributed by atoms with van der Waals surface area (Å²) in [5.41, 5.74) is 2.41. The highest BCUT2D eigenvalue weighted by Gasteiger charge is 2.14. The van der Waals surface area contributed by atoms with Crippen LogP contribution in [0.4, 0.5) is 0 Å². The van der Waals surface area contributed by atoms with Gasteiger partial charge in [-0.1, -0.05) is 24.3 Å². The Morgan fingerprint density at radius 2 is 2.22 bits per heavy atom. The lowest BCUT2D eigenvalue weighted by Gasteiger charge is -2.22. The second kappa shape index (κ2) is 6.69. The van der Waals surface area contributed by atoms with Crippen molar-refractivity contribution < 1.29 is 4.79 Å². The van der Waals surface area contributed by atoms with Crippen molar-refractivity contribution in [2.45, 2.75) is 39.0 Å². The minimum Gasteiger partial charge on any atom is -0.316 e. The standard InChI is InChI=1S/C16H23NO/c1-13-5-2-3-7-15(13)11-16(18)9-8-14-6-4-10-17-12-14/h2-3,5,7,14,17H,4,6,8-12H2,1H3. The monoisotopic (exact) mass is 245 g/mol. The van der Waals surface area contributed by atoms with E-state index in [1.54, 1.807) is 0 Å². The number of benzene rings is 1. The molecule has 0 bridgehead atoms. The van der Waals surface area contributed by atoms with Crippen LogP contribution in [0, 0.1) is 12.8 Å². The van der Waals surface area contributed by atoms with Crippen LogP contribution in [-0.2, 0) is 11.2 Å². The van der Waals surface area contributed by atoms with Crippen LogP contribution in [0.1, 0.15) is 36.8 Å². The molecule has 1 saturated heterocycles. The Hall–Kier alpha value is -1.15. The molecule has 2 heteroatoms. The summed E-state index contributed by atoms with van der Waals surface area (Å²) in [5.74, 6) is 1.09. The normalized spacial score (nSPS) is 19.7. The van der Waals surface area contributed by atoms with Crippen molar-refractivity contribution in [3.63, 3.8) is 0 Å². The van der Waals surface area contributed by atoms with E-state index in [2.05, 4.69) is 24.4 Å². The van der Waals surface area contributed by atoms with Crippen molar-refractivity contribution in [2.24, 2.45) is 5.92 Å². The number of Topliss-reactive ketones (excluding diaryl/α,β-unsaturated/α-hetero) is 1. The number of hydrogen-bond donors (Lipinski definition) is 1. The minimum absolute atomic E-state index is 0.384. The van der Waals surface area contributed by atoms with Crippen molar-refractivity contribution >= 4 is 5.78 Å². The molecular weight excluding hydrogens is 222 g/mol. The fourth-order valence-electron chi connectivity index (χ4n) is 2.64. The smallest absolute Gasteiger partial charge is 0.137 e. The molecule has 0 radical (unpaired) electrons. The molecule has 1 aliphatic rings. The molecule has 98 valence electrons. The number of ketones is 1. The van der Waals surface area contributed by atoms with Crippen molar-refractivity contribution in [1.82, 2.24) is 5.32 Å². The topological polar surface area (TPSA) is 29.1 Å². The Labute approximate surface area is 110 Å². The Morgan fingerprint density at radius 3 is 2.94 bits per heavy atom. The third-order valence-corrected chi connectivity index (χ3v) is 3.88. The molecule has 1 atom stereocenters. The van der Waals surface area contributed by atoms with E-state index in [0.717, 1.165) is 25.9 Å². The van der Waals surface area contributed by atoms with E-state index in [1.165, 1.54) is 24.0 Å². The van der Waals surface area contributed by atoms with Gasteiger partial charge in [-0.05, 0) is 56.3 Å². The highest BCUT2D eigenvalue weighted by molar-refractivity contribution is 5.81. The predicted molar refractivity (Wildman–Crippen MR) is 74.7 cm³/mol. The first-order valence-corrected chi connectivity index (χ1v) is 7.02. The van der Waals surface area contributed by atoms with E-state index in [1.807, 2.05) is 12.1 Å². The van der Waals surface area contributed by atoms with Gasteiger partial charge in [0.05, 0.1) is 0 Å². The molecule has 18 heavy (non-hydrogen) atoms. The Bertz CT molecular complexity index is 394. The SMILES string of the molecule is Cc1ccccc1CC(=O)CCC1CCCNC1. The van der Waals surface area contributed by atoms with Gasteiger partial charge >= 0.3 is 0 Å². The zero-order valence-corrected chi connectivity index (χ0v) is 11.2. The molecule has 1 aliphatic heterocycles. The van der Waals surface area contributed by atoms with Crippen molar-refractivity contribution in [3.8, 4) is 0 Å². The van der Waals surface area contributed by atoms with E-state index < -0.39 is 0 Å². The molecule has 1 N–H and O–H groups in total. The number of piperidine rings is 1. The maximum Gasteiger partial charge on any atom is 0.137 e. The van der Waals surface area contributed by atoms with Gasteiger partial charge in [-0.3, -0.25) is 4.79 Å². The first-order valence-electron chi connectivity index (χ1n) is 7.02. The molecule has 1 aromatic rings. The van der Waals surface area contributed by atoms with Crippen LogP contribution in [0.2, 0.25) is 0 Å². The third-order valence-electron chi connectivity index (χ3n) is 3.88. The number of carbonyl (C=O) groups excluding carboxylic acids is 1. The van der Waals surface area contributed by atoms with Gasteiger partial charge < -0.3 is 5.32 Å². The number of aryl methyl sites for hydroxylation is 1. The van der Waals surface area contributed by atoms with Crippen LogP contribution in [0.25, 0.3) is 0 Å². The summed E-state index contributed by atoms with van der Waals surface area (Å²) < 4.78 is 0. The van der Waals surface area contributed by atoms with Crippen molar-refractivity contribution in [2.75, 3.05) is 13.1 Å². The van der Waals surface area contributed by atoms with E-state index in [4.69, 9.17) is 0 Å². The second-order valence-corrected chi connectivity index (χ2v) is 5.39. The Balaban J connectivity index is 1.76. The zero-order valence-electron chi connectivity index (χ0n) is 11.2. The molecule has 0 spiro atoms. The highest BCUT2D eigenvalue weighted by atomic mass is 16.1. The second-order valence-electron chi connectivity index (χ2n) is 5.39. The van der Waals surface area contributed by atoms with Gasteiger partial charge in [-0.25, -0.2) is 0 Å². The number of hydrogen-bond acceptors (Lipinski definition) is 2. The number of carbonyl (C=O) groups is 1. The Kier molecular flexibility index (Phi) is 4.94. The largest absolute Gasteiger partial charge is 0.316 e. The van der Waals surface area contributed by atoms with Gasteiger partial charge in [0.2, 0.25) is 0 Å². The van der Waals surface area contributed by atoms with Gasteiger partial charge in [-0.15, -0.1) is 0 Å². The maximum absolute atomic E-state index is 12.0. The molecule has 2 rings (SSSR count). The van der Waals surface area contributed by atoms with Gasteiger partial charge in [-0.2, -0.15) is 0 Å². The van der Waals surface area contributed by atoms with Crippen LogP contribution < -0.4 is 5.32 Å². The molecular formula is C16H23NO. The summed E-state index contributed by atoms with van der Waals surface area (Å²) >= 11 is 0. The molecule has 0 aromatic heterocycles. The quantitative estimate of drug-likeness (QED) is 0.864. The van der Waals surface area contributed by atoms with Crippen LogP contribution in [-0.4, -0.2) is 18.9 Å². The van der Waals surface area contributed by atoms with Gasteiger partial charge in [0, 0.05) is 12.8 Å². The lowest BCUT2D eigenvalue weighted by molar-refractivity contribution is -0.118. The van der Waals surface area contributed by atoms with Gasteiger partial charge in [0.25, 0.3) is 0 Å². The number of rotatable bonds is 5. The minimum atomic E-state index is 0.384. The van der Waals surface area contributed by atoms with Crippen LogP contribution >= 0.6 is 0 Å². The van der Waals surface area contributed by atoms with E-state index in [-0.39, 0.29) is 0 Å². The molecule has 0 aliphatic carbocycles. The molecule has 1 heterocycles. The van der Waals surface area contributed by atoms with Gasteiger partial charge in [0.1, 0.15) is 5.78 Å². The van der Waals surface area contributed by atoms with Crippen LogP contribution in [0.3, 0.4) is 0 Å². The lowest BCUT2D eigenvalue weighted by Crippen LogP contribution is -2.30. The average molecular weight is 245 g/mol. The maximum atomic E-state index is 12.0. The summed E-state index contributed by atoms with van der Waals surface area (Å²) in [5, 5.41) is 3.41. The molecule has 0 saturated carbocycles. The van der Waals surface area contributed by atoms with Crippen molar-refractivity contribution in [1.29, 1.82) is 0 Å². The number of nitrogens with one attached hydrogen (secondary N) is 1. The zero-order chi connectivity index (χ0) is 12.8. The van der Waals surface area contributed by atoms with E-state index >= 15 is 0 Å². The first-order chi connectivity index (χ1) is 8.75. The van der Waals surface area contributed by atoms with Crippen LogP contribution in [0.5, 0.6) is 0 Å². The summed E-state index contributed by atoms with van der Waals surface area (Å²) in [4.78, 5) is 12.0. The summed E-state index contributed by atoms with van der Waals surface area (Å²) in [6, 6.07) is 8.18. The average Bonchev–Trinajstić information content (AvgIpc) is 2.40. The van der Waals surface area contributed by atoms with E-state index in [9.17, 15) is 4.79 Å². The molecule has 1 fully saturated rings. The third kappa shape index (κ3) is 3.95. The lowest BCUT2D eigenvalue weighted by atomic mass is 9.92. The molecule has 0 amide bonds. The summed E-state index contributed by atoms with van der Waals surface area (Å²) in [7, 11) is 0. The summed E-state index contributed by atoms with van der Waals surface area (Å²) in [6.07, 6.45) is 4.94. The summed E-state index contributed by atoms with van der Waals surface area (Å²) in [6.45, 7) is 4.32. The molecule has 1 unspecified atom stereocenters. The van der Waals surface area contributed by atoms with Crippen LogP contribution in [0.15, 0.2) is 24.3 Å². The first kappa shape index (κ1) is 13.3. The van der Waals surface area contributed by atoms with E-state index in [0.29, 0.717) is 18.1 Å². The molecule has 1 aromatic carbocycles. The molecule has 2 nitrogen and oxygen atoms in total.